The Kier molecular flexibility index (Phi) is 5.84. The molecule has 1 saturated heterocycles. The van der Waals surface area contributed by atoms with Crippen LogP contribution in [0, 0.1) is 19.3 Å². The standard InChI is InChI=1S/C21H24F3N3O2/c1-14-10-15(2)26-18(28)17(14)11-25-19(29)20(21(22,23)24)8-9-27(13-20)12-16-6-4-3-5-7-16/h3-7,10H,8-9,11-13H2,1-2H3,(H,25,29)(H,26,28). The number of likely N-dealkylation sites (tertiary alicyclic amines) is 1. The molecule has 29 heavy (non-hydrogen) atoms. The third-order valence-electron chi connectivity index (χ3n) is 5.49. The summed E-state index contributed by atoms with van der Waals surface area (Å²) >= 11 is 0. The molecule has 2 N–H and O–H groups in total. The molecule has 2 aromatic rings. The molecular formula is C21H24F3N3O2. The van der Waals surface area contributed by atoms with Crippen molar-refractivity contribution in [3.05, 3.63) is 69.1 Å². The highest BCUT2D eigenvalue weighted by atomic mass is 19.4. The Labute approximate surface area is 166 Å². The van der Waals surface area contributed by atoms with Gasteiger partial charge < -0.3 is 10.3 Å². The first-order chi connectivity index (χ1) is 13.6. The molecule has 1 aromatic carbocycles. The zero-order valence-electron chi connectivity index (χ0n) is 16.4. The van der Waals surface area contributed by atoms with Crippen LogP contribution in [-0.2, 0) is 17.9 Å². The van der Waals surface area contributed by atoms with Crippen molar-refractivity contribution in [1.29, 1.82) is 0 Å². The molecule has 3 rings (SSSR count). The van der Waals surface area contributed by atoms with Crippen molar-refractivity contribution in [2.75, 3.05) is 13.1 Å². The fraction of sp³-hybridized carbons (Fsp3) is 0.429. The Balaban J connectivity index is 1.75. The second-order valence-electron chi connectivity index (χ2n) is 7.65. The number of aryl methyl sites for hydroxylation is 2. The van der Waals surface area contributed by atoms with Crippen molar-refractivity contribution in [1.82, 2.24) is 15.2 Å². The summed E-state index contributed by atoms with van der Waals surface area (Å²) in [5.41, 5.74) is -0.437. The van der Waals surface area contributed by atoms with Crippen molar-refractivity contribution >= 4 is 5.91 Å². The molecule has 1 aliphatic heterocycles. The summed E-state index contributed by atoms with van der Waals surface area (Å²) in [6.07, 6.45) is -4.99. The van der Waals surface area contributed by atoms with Gasteiger partial charge in [-0.3, -0.25) is 14.5 Å². The van der Waals surface area contributed by atoms with Gasteiger partial charge >= 0.3 is 6.18 Å². The van der Waals surface area contributed by atoms with E-state index in [9.17, 15) is 22.8 Å². The van der Waals surface area contributed by atoms with Crippen molar-refractivity contribution < 1.29 is 18.0 Å². The van der Waals surface area contributed by atoms with E-state index in [1.165, 1.54) is 0 Å². The molecule has 5 nitrogen and oxygen atoms in total. The van der Waals surface area contributed by atoms with Gasteiger partial charge in [-0.2, -0.15) is 13.2 Å². The maximum atomic E-state index is 14.0. The van der Waals surface area contributed by atoms with Crippen LogP contribution in [0.1, 0.15) is 28.8 Å². The van der Waals surface area contributed by atoms with Crippen LogP contribution in [0.3, 0.4) is 0 Å². The molecule has 0 bridgehead atoms. The molecule has 0 saturated carbocycles. The number of nitrogens with one attached hydrogen (secondary N) is 2. The molecule has 156 valence electrons. The van der Waals surface area contributed by atoms with Gasteiger partial charge in [0.15, 0.2) is 5.41 Å². The number of aromatic amines is 1. The highest BCUT2D eigenvalue weighted by Crippen LogP contribution is 2.46. The predicted octanol–water partition coefficient (Wildman–Crippen LogP) is 3.06. The number of alkyl halides is 3. The lowest BCUT2D eigenvalue weighted by Gasteiger charge is -2.30. The lowest BCUT2D eigenvalue weighted by molar-refractivity contribution is -0.218. The molecule has 1 atom stereocenters. The number of halogens is 3. The van der Waals surface area contributed by atoms with Gasteiger partial charge in [0.25, 0.3) is 5.56 Å². The van der Waals surface area contributed by atoms with Crippen molar-refractivity contribution in [3.63, 3.8) is 0 Å². The molecular weight excluding hydrogens is 383 g/mol. The second-order valence-corrected chi connectivity index (χ2v) is 7.65. The molecule has 2 heterocycles. The minimum atomic E-state index is -4.68. The number of hydrogen-bond donors (Lipinski definition) is 2. The van der Waals surface area contributed by atoms with Gasteiger partial charge in [0.05, 0.1) is 0 Å². The number of carbonyl (C=O) groups is 1. The van der Waals surface area contributed by atoms with E-state index >= 15 is 0 Å². The number of rotatable bonds is 5. The van der Waals surface area contributed by atoms with E-state index in [1.54, 1.807) is 24.8 Å². The summed E-state index contributed by atoms with van der Waals surface area (Å²) in [6, 6.07) is 10.9. The van der Waals surface area contributed by atoms with E-state index in [0.29, 0.717) is 17.8 Å². The number of H-pyrrole nitrogens is 1. The van der Waals surface area contributed by atoms with Crippen molar-refractivity contribution in [2.45, 2.75) is 39.5 Å². The summed E-state index contributed by atoms with van der Waals surface area (Å²) < 4.78 is 41.9. The average molecular weight is 407 g/mol. The molecule has 0 spiro atoms. The summed E-state index contributed by atoms with van der Waals surface area (Å²) in [4.78, 5) is 29.0. The van der Waals surface area contributed by atoms with Crippen molar-refractivity contribution in [3.8, 4) is 0 Å². The maximum Gasteiger partial charge on any atom is 0.404 e. The van der Waals surface area contributed by atoms with Gasteiger partial charge in [-0.15, -0.1) is 0 Å². The maximum absolute atomic E-state index is 14.0. The van der Waals surface area contributed by atoms with Crippen LogP contribution in [0.25, 0.3) is 0 Å². The number of aromatic nitrogens is 1. The largest absolute Gasteiger partial charge is 0.404 e. The molecule has 0 radical (unpaired) electrons. The summed E-state index contributed by atoms with van der Waals surface area (Å²) in [5.74, 6) is -1.08. The minimum Gasteiger partial charge on any atom is -0.351 e. The third-order valence-corrected chi connectivity index (χ3v) is 5.49. The Morgan fingerprint density at radius 3 is 2.55 bits per heavy atom. The van der Waals surface area contributed by atoms with Gasteiger partial charge in [-0.25, -0.2) is 0 Å². The van der Waals surface area contributed by atoms with Gasteiger partial charge in [-0.1, -0.05) is 30.3 Å². The van der Waals surface area contributed by atoms with E-state index in [2.05, 4.69) is 10.3 Å². The normalized spacial score (nSPS) is 20.0. The van der Waals surface area contributed by atoms with E-state index in [0.717, 1.165) is 5.56 Å². The lowest BCUT2D eigenvalue weighted by Crippen LogP contribution is -2.52. The first-order valence-electron chi connectivity index (χ1n) is 9.43. The second kappa shape index (κ2) is 8.02. The number of hydrogen-bond acceptors (Lipinski definition) is 3. The predicted molar refractivity (Wildman–Crippen MR) is 103 cm³/mol. The smallest absolute Gasteiger partial charge is 0.351 e. The Bertz CT molecular complexity index is 940. The molecule has 1 fully saturated rings. The van der Waals surface area contributed by atoms with Crippen LogP contribution >= 0.6 is 0 Å². The van der Waals surface area contributed by atoms with Crippen LogP contribution in [0.5, 0.6) is 0 Å². The van der Waals surface area contributed by atoms with Crippen LogP contribution in [0.15, 0.2) is 41.2 Å². The van der Waals surface area contributed by atoms with E-state index in [1.807, 2.05) is 30.3 Å². The SMILES string of the molecule is Cc1cc(C)c(CNC(=O)C2(C(F)(F)F)CCN(Cc3ccccc3)C2)c(=O)[nH]1. The summed E-state index contributed by atoms with van der Waals surface area (Å²) in [5, 5.41) is 2.37. The minimum absolute atomic E-state index is 0.173. The van der Waals surface area contributed by atoms with Crippen molar-refractivity contribution in [2.24, 2.45) is 5.41 Å². The van der Waals surface area contributed by atoms with E-state index < -0.39 is 29.6 Å². The molecule has 1 unspecified atom stereocenters. The zero-order chi connectivity index (χ0) is 21.2. The summed E-state index contributed by atoms with van der Waals surface area (Å²) in [6.45, 7) is 3.29. The van der Waals surface area contributed by atoms with Crippen LogP contribution < -0.4 is 10.9 Å². The average Bonchev–Trinajstić information content (AvgIpc) is 3.06. The quantitative estimate of drug-likeness (QED) is 0.801. The fourth-order valence-electron chi connectivity index (χ4n) is 3.85. The first-order valence-corrected chi connectivity index (χ1v) is 9.43. The monoisotopic (exact) mass is 407 g/mol. The fourth-order valence-corrected chi connectivity index (χ4v) is 3.85. The number of nitrogens with zero attached hydrogens (tertiary/aromatic N) is 1. The highest BCUT2D eigenvalue weighted by Gasteiger charge is 2.62. The molecule has 1 aromatic heterocycles. The van der Waals surface area contributed by atoms with Gasteiger partial charge in [0.2, 0.25) is 5.91 Å². The molecule has 8 heteroatoms. The molecule has 1 amide bonds. The Hall–Kier alpha value is -2.61. The van der Waals surface area contributed by atoms with Gasteiger partial charge in [-0.05, 0) is 44.0 Å². The first kappa shape index (κ1) is 21.1. The zero-order valence-corrected chi connectivity index (χ0v) is 16.4. The number of amides is 1. The number of benzene rings is 1. The van der Waals surface area contributed by atoms with E-state index in [-0.39, 0.29) is 25.1 Å². The molecule has 0 aliphatic carbocycles. The highest BCUT2D eigenvalue weighted by molar-refractivity contribution is 5.84. The number of pyridine rings is 1. The number of carbonyl (C=O) groups excluding carboxylic acids is 1. The van der Waals surface area contributed by atoms with Crippen LogP contribution in [0.4, 0.5) is 13.2 Å². The molecule has 1 aliphatic rings. The van der Waals surface area contributed by atoms with Gasteiger partial charge in [0, 0.05) is 30.9 Å². The van der Waals surface area contributed by atoms with Crippen LogP contribution in [-0.4, -0.2) is 35.1 Å². The van der Waals surface area contributed by atoms with Crippen LogP contribution in [0.2, 0.25) is 0 Å². The summed E-state index contributed by atoms with van der Waals surface area (Å²) in [7, 11) is 0. The van der Waals surface area contributed by atoms with Gasteiger partial charge in [0.1, 0.15) is 0 Å². The lowest BCUT2D eigenvalue weighted by atomic mass is 9.85. The third kappa shape index (κ3) is 4.37. The Morgan fingerprint density at radius 1 is 1.24 bits per heavy atom. The van der Waals surface area contributed by atoms with E-state index in [4.69, 9.17) is 0 Å². The Morgan fingerprint density at radius 2 is 1.93 bits per heavy atom. The topological polar surface area (TPSA) is 65.2 Å².